The molecule has 0 bridgehead atoms. The van der Waals surface area contributed by atoms with Crippen LogP contribution in [0.3, 0.4) is 0 Å². The van der Waals surface area contributed by atoms with E-state index in [1.165, 1.54) is 0 Å². The van der Waals surface area contributed by atoms with E-state index in [1.54, 1.807) is 10.9 Å². The molecule has 0 saturated carbocycles. The van der Waals surface area contributed by atoms with Crippen LogP contribution in [0.4, 0.5) is 11.6 Å². The Bertz CT molecular complexity index is 1020. The molecule has 4 rings (SSSR count). The molecule has 0 saturated heterocycles. The van der Waals surface area contributed by atoms with Gasteiger partial charge >= 0.3 is 0 Å². The fourth-order valence-corrected chi connectivity index (χ4v) is 2.46. The Morgan fingerprint density at radius 1 is 0.958 bits per heavy atom. The summed E-state index contributed by atoms with van der Waals surface area (Å²) in [4.78, 5) is 9.10. The number of rotatable bonds is 3. The second-order valence-electron chi connectivity index (χ2n) is 5.60. The number of anilines is 2. The Morgan fingerprint density at radius 3 is 2.67 bits per heavy atom. The van der Waals surface area contributed by atoms with Gasteiger partial charge < -0.3 is 5.32 Å². The average molecular weight is 317 g/mol. The van der Waals surface area contributed by atoms with Crippen molar-refractivity contribution in [2.75, 3.05) is 5.32 Å². The fraction of sp³-hybridized carbons (Fsp3) is 0.118. The molecule has 0 atom stereocenters. The van der Waals surface area contributed by atoms with Gasteiger partial charge in [-0.2, -0.15) is 10.2 Å². The van der Waals surface area contributed by atoms with Gasteiger partial charge in [0.15, 0.2) is 5.82 Å². The minimum absolute atomic E-state index is 0.665. The van der Waals surface area contributed by atoms with Crippen molar-refractivity contribution in [3.63, 3.8) is 0 Å². The van der Waals surface area contributed by atoms with Crippen molar-refractivity contribution in [2.45, 2.75) is 6.92 Å². The van der Waals surface area contributed by atoms with Crippen LogP contribution in [0.25, 0.3) is 22.2 Å². The maximum atomic E-state index is 4.62. The summed E-state index contributed by atoms with van der Waals surface area (Å²) in [6.45, 7) is 1.97. The third-order valence-corrected chi connectivity index (χ3v) is 3.62. The zero-order valence-electron chi connectivity index (χ0n) is 13.3. The minimum atomic E-state index is 0.665. The molecule has 0 unspecified atom stereocenters. The largest absolute Gasteiger partial charge is 0.323 e. The van der Waals surface area contributed by atoms with E-state index in [9.17, 15) is 0 Å². The summed E-state index contributed by atoms with van der Waals surface area (Å²) in [6.07, 6.45) is 7.31. The topological polar surface area (TPSA) is 81.4 Å². The molecular formula is C17H15N7. The van der Waals surface area contributed by atoms with Gasteiger partial charge in [0.2, 0.25) is 0 Å². The lowest BCUT2D eigenvalue weighted by molar-refractivity contribution is 0.768. The highest BCUT2D eigenvalue weighted by atomic mass is 15.2. The van der Waals surface area contributed by atoms with Gasteiger partial charge in [0.1, 0.15) is 5.82 Å². The van der Waals surface area contributed by atoms with E-state index >= 15 is 0 Å². The van der Waals surface area contributed by atoms with Gasteiger partial charge in [0.05, 0.1) is 23.4 Å². The molecule has 7 heteroatoms. The van der Waals surface area contributed by atoms with Crippen molar-refractivity contribution < 1.29 is 0 Å². The molecule has 0 aliphatic rings. The highest BCUT2D eigenvalue weighted by Gasteiger charge is 2.06. The van der Waals surface area contributed by atoms with Crippen LogP contribution < -0.4 is 5.32 Å². The van der Waals surface area contributed by atoms with Crippen molar-refractivity contribution in [3.05, 3.63) is 54.6 Å². The van der Waals surface area contributed by atoms with Crippen molar-refractivity contribution in [1.29, 1.82) is 0 Å². The Labute approximate surface area is 138 Å². The minimum Gasteiger partial charge on any atom is -0.323 e. The predicted octanol–water partition coefficient (Wildman–Crippen LogP) is 2.87. The molecule has 4 heterocycles. The highest BCUT2D eigenvalue weighted by molar-refractivity contribution is 5.81. The van der Waals surface area contributed by atoms with Crippen LogP contribution in [0.15, 0.2) is 49.1 Å². The standard InChI is InChI=1S/C17H15N7/c1-11-5-17(23-19-7-11)22-16-4-3-14-15(21-16)6-12(8-18-14)13-9-20-24(2)10-13/h3-10H,1-2H3,(H,21,22,23). The maximum Gasteiger partial charge on any atom is 0.154 e. The highest BCUT2D eigenvalue weighted by Crippen LogP contribution is 2.23. The quantitative estimate of drug-likeness (QED) is 0.626. The Balaban J connectivity index is 1.71. The molecule has 0 amide bonds. The smallest absolute Gasteiger partial charge is 0.154 e. The van der Waals surface area contributed by atoms with Crippen molar-refractivity contribution in [2.24, 2.45) is 7.05 Å². The van der Waals surface area contributed by atoms with E-state index in [0.717, 1.165) is 27.7 Å². The lowest BCUT2D eigenvalue weighted by atomic mass is 10.1. The SMILES string of the molecule is Cc1cnnc(Nc2ccc3ncc(-c4cnn(C)c4)cc3n2)c1. The van der Waals surface area contributed by atoms with Crippen LogP contribution in [0.1, 0.15) is 5.56 Å². The molecule has 7 nitrogen and oxygen atoms in total. The Kier molecular flexibility index (Phi) is 3.38. The Morgan fingerprint density at radius 2 is 1.88 bits per heavy atom. The van der Waals surface area contributed by atoms with Crippen molar-refractivity contribution >= 4 is 22.7 Å². The zero-order valence-corrected chi connectivity index (χ0v) is 13.3. The summed E-state index contributed by atoms with van der Waals surface area (Å²) in [5.74, 6) is 1.37. The summed E-state index contributed by atoms with van der Waals surface area (Å²) < 4.78 is 1.77. The number of aryl methyl sites for hydroxylation is 2. The number of hydrogen-bond acceptors (Lipinski definition) is 6. The van der Waals surface area contributed by atoms with E-state index in [0.29, 0.717) is 11.6 Å². The first-order chi connectivity index (χ1) is 11.7. The number of aromatic nitrogens is 6. The summed E-state index contributed by atoms with van der Waals surface area (Å²) >= 11 is 0. The second-order valence-corrected chi connectivity index (χ2v) is 5.60. The molecule has 0 fully saturated rings. The van der Waals surface area contributed by atoms with Crippen LogP contribution in [0.5, 0.6) is 0 Å². The lowest BCUT2D eigenvalue weighted by Crippen LogP contribution is -1.98. The molecule has 24 heavy (non-hydrogen) atoms. The van der Waals surface area contributed by atoms with Crippen LogP contribution in [0.2, 0.25) is 0 Å². The van der Waals surface area contributed by atoms with Crippen LogP contribution in [0, 0.1) is 6.92 Å². The molecule has 0 aromatic carbocycles. The molecule has 0 radical (unpaired) electrons. The van der Waals surface area contributed by atoms with Gasteiger partial charge in [-0.25, -0.2) is 4.98 Å². The number of fused-ring (bicyclic) bond motifs is 1. The van der Waals surface area contributed by atoms with Crippen molar-refractivity contribution in [1.82, 2.24) is 29.9 Å². The van der Waals surface area contributed by atoms with Gasteiger partial charge in [-0.1, -0.05) is 0 Å². The first kappa shape index (κ1) is 14.3. The monoisotopic (exact) mass is 317 g/mol. The molecule has 0 aliphatic carbocycles. The molecule has 0 spiro atoms. The van der Waals surface area contributed by atoms with Gasteiger partial charge in [-0.3, -0.25) is 9.67 Å². The third-order valence-electron chi connectivity index (χ3n) is 3.62. The number of pyridine rings is 2. The van der Waals surface area contributed by atoms with E-state index in [2.05, 4.69) is 30.6 Å². The average Bonchev–Trinajstić information content (AvgIpc) is 3.01. The van der Waals surface area contributed by atoms with E-state index in [1.807, 2.05) is 56.8 Å². The number of nitrogens with zero attached hydrogens (tertiary/aromatic N) is 6. The van der Waals surface area contributed by atoms with Gasteiger partial charge in [0.25, 0.3) is 0 Å². The van der Waals surface area contributed by atoms with Crippen LogP contribution >= 0.6 is 0 Å². The summed E-state index contributed by atoms with van der Waals surface area (Å²) in [5, 5.41) is 15.4. The lowest BCUT2D eigenvalue weighted by Gasteiger charge is -2.06. The molecule has 1 N–H and O–H groups in total. The summed E-state index contributed by atoms with van der Waals surface area (Å²) in [6, 6.07) is 7.74. The van der Waals surface area contributed by atoms with Crippen molar-refractivity contribution in [3.8, 4) is 11.1 Å². The van der Waals surface area contributed by atoms with E-state index < -0.39 is 0 Å². The number of hydrogen-bond donors (Lipinski definition) is 1. The van der Waals surface area contributed by atoms with Gasteiger partial charge in [0, 0.05) is 30.6 Å². The zero-order chi connectivity index (χ0) is 16.5. The summed E-state index contributed by atoms with van der Waals surface area (Å²) in [7, 11) is 1.89. The van der Waals surface area contributed by atoms with Crippen LogP contribution in [-0.4, -0.2) is 29.9 Å². The predicted molar refractivity (Wildman–Crippen MR) is 91.8 cm³/mol. The van der Waals surface area contributed by atoms with E-state index in [4.69, 9.17) is 0 Å². The third kappa shape index (κ3) is 2.79. The fourth-order valence-electron chi connectivity index (χ4n) is 2.46. The molecule has 0 aliphatic heterocycles. The van der Waals surface area contributed by atoms with Crippen LogP contribution in [-0.2, 0) is 7.05 Å². The Hall–Kier alpha value is -3.35. The van der Waals surface area contributed by atoms with E-state index in [-0.39, 0.29) is 0 Å². The molecule has 118 valence electrons. The van der Waals surface area contributed by atoms with Gasteiger partial charge in [-0.05, 0) is 36.8 Å². The second kappa shape index (κ2) is 5.69. The first-order valence-electron chi connectivity index (χ1n) is 7.49. The van der Waals surface area contributed by atoms with Gasteiger partial charge in [-0.15, -0.1) is 5.10 Å². The summed E-state index contributed by atoms with van der Waals surface area (Å²) in [5.41, 5.74) is 4.67. The molecule has 4 aromatic rings. The maximum absolute atomic E-state index is 4.62. The molecule has 4 aromatic heterocycles. The molecular weight excluding hydrogens is 302 g/mol. The first-order valence-corrected chi connectivity index (χ1v) is 7.49. The number of nitrogens with one attached hydrogen (secondary N) is 1. The normalized spacial score (nSPS) is 10.9.